The molecule has 10 nitrogen and oxygen atoms in total. The van der Waals surface area contributed by atoms with Crippen LogP contribution < -0.4 is 25.4 Å². The van der Waals surface area contributed by atoms with Gasteiger partial charge in [-0.15, -0.1) is 0 Å². The summed E-state index contributed by atoms with van der Waals surface area (Å²) in [7, 11) is 4.67. The van der Waals surface area contributed by atoms with Crippen LogP contribution in [0.3, 0.4) is 0 Å². The molecule has 1 aromatic heterocycles. The monoisotopic (exact) mass is 501 g/mol. The number of hydrogen-bond donors (Lipinski definition) is 3. The Morgan fingerprint density at radius 2 is 1.58 bits per heavy atom. The number of rotatable bonds is 12. The van der Waals surface area contributed by atoms with E-state index in [9.17, 15) is 14.4 Å². The Morgan fingerprint density at radius 3 is 2.08 bits per heavy atom. The molecule has 0 aliphatic carbocycles. The zero-order valence-electron chi connectivity index (χ0n) is 22.5. The molecular weight excluding hydrogens is 462 g/mol. The van der Waals surface area contributed by atoms with E-state index in [0.717, 1.165) is 0 Å². The zero-order valence-corrected chi connectivity index (χ0v) is 22.5. The maximum absolute atomic E-state index is 13.3. The van der Waals surface area contributed by atoms with Crippen molar-refractivity contribution >= 4 is 17.7 Å². The number of nitrogens with zero attached hydrogens (tertiary/aromatic N) is 2. The highest BCUT2D eigenvalue weighted by Gasteiger charge is 2.27. The van der Waals surface area contributed by atoms with E-state index in [-0.39, 0.29) is 48.4 Å². The molecular formula is C26H39N5O5. The van der Waals surface area contributed by atoms with Gasteiger partial charge in [0.15, 0.2) is 5.69 Å². The molecule has 0 spiro atoms. The minimum Gasteiger partial charge on any atom is -0.496 e. The van der Waals surface area contributed by atoms with E-state index >= 15 is 0 Å². The maximum atomic E-state index is 13.3. The van der Waals surface area contributed by atoms with Crippen LogP contribution in [0.4, 0.5) is 0 Å². The van der Waals surface area contributed by atoms with Gasteiger partial charge in [-0.25, -0.2) is 0 Å². The van der Waals surface area contributed by atoms with E-state index in [2.05, 4.69) is 34.9 Å². The first-order valence-electron chi connectivity index (χ1n) is 12.1. The van der Waals surface area contributed by atoms with Gasteiger partial charge in [-0.1, -0.05) is 33.8 Å². The predicted octanol–water partition coefficient (Wildman–Crippen LogP) is 2.79. The van der Waals surface area contributed by atoms with Crippen molar-refractivity contribution in [2.45, 2.75) is 53.1 Å². The standard InChI is InChI=1S/C26H39N5O5/c1-15(2)17(5)31-20(25-21(35-7)10-9-11-22(25)36-8)12-19(30-31)26(34)29-18(16(3)4)13-23(32)28-14-24(33)27-6/h9-12,15-18H,13-14H2,1-8H3,(H,27,33)(H,28,32)(H,29,34). The van der Waals surface area contributed by atoms with Crippen LogP contribution in [0, 0.1) is 11.8 Å². The van der Waals surface area contributed by atoms with Gasteiger partial charge in [-0.3, -0.25) is 19.1 Å². The van der Waals surface area contributed by atoms with Crippen molar-refractivity contribution in [1.29, 1.82) is 0 Å². The van der Waals surface area contributed by atoms with Gasteiger partial charge >= 0.3 is 0 Å². The van der Waals surface area contributed by atoms with Crippen LogP contribution in [0.1, 0.15) is 57.6 Å². The molecule has 198 valence electrons. The Hall–Kier alpha value is -3.56. The lowest BCUT2D eigenvalue weighted by molar-refractivity contribution is -0.126. The quantitative estimate of drug-likeness (QED) is 0.411. The van der Waals surface area contributed by atoms with Crippen molar-refractivity contribution in [1.82, 2.24) is 25.7 Å². The fourth-order valence-electron chi connectivity index (χ4n) is 3.62. The van der Waals surface area contributed by atoms with Crippen LogP contribution >= 0.6 is 0 Å². The lowest BCUT2D eigenvalue weighted by Gasteiger charge is -2.22. The van der Waals surface area contributed by atoms with Gasteiger partial charge in [0.05, 0.1) is 38.1 Å². The second kappa shape index (κ2) is 12.9. The van der Waals surface area contributed by atoms with E-state index in [4.69, 9.17) is 9.47 Å². The van der Waals surface area contributed by atoms with Gasteiger partial charge in [-0.2, -0.15) is 5.10 Å². The third-order valence-electron chi connectivity index (χ3n) is 6.25. The molecule has 10 heteroatoms. The van der Waals surface area contributed by atoms with Crippen molar-refractivity contribution in [2.75, 3.05) is 27.8 Å². The molecule has 0 aliphatic heterocycles. The molecule has 1 heterocycles. The molecule has 2 aromatic rings. The number of hydrogen-bond acceptors (Lipinski definition) is 6. The fraction of sp³-hybridized carbons (Fsp3) is 0.538. The molecule has 0 radical (unpaired) electrons. The van der Waals surface area contributed by atoms with Gasteiger partial charge < -0.3 is 25.4 Å². The molecule has 0 saturated carbocycles. The number of nitrogens with one attached hydrogen (secondary N) is 3. The first kappa shape index (κ1) is 28.7. The number of methoxy groups -OCH3 is 2. The molecule has 0 fully saturated rings. The Bertz CT molecular complexity index is 1040. The average molecular weight is 502 g/mol. The molecule has 0 bridgehead atoms. The minimum atomic E-state index is -0.445. The summed E-state index contributed by atoms with van der Waals surface area (Å²) in [5, 5.41) is 12.6. The summed E-state index contributed by atoms with van der Waals surface area (Å²) in [5.74, 6) is 0.418. The summed E-state index contributed by atoms with van der Waals surface area (Å²) in [6.07, 6.45) is 0.0384. The van der Waals surface area contributed by atoms with E-state index in [1.807, 2.05) is 43.7 Å². The minimum absolute atomic E-state index is 0.0208. The van der Waals surface area contributed by atoms with Crippen molar-refractivity contribution < 1.29 is 23.9 Å². The van der Waals surface area contributed by atoms with E-state index < -0.39 is 11.9 Å². The van der Waals surface area contributed by atoms with Crippen LogP contribution in [-0.4, -0.2) is 61.4 Å². The van der Waals surface area contributed by atoms with Crippen LogP contribution in [0.25, 0.3) is 11.3 Å². The van der Waals surface area contributed by atoms with E-state index in [1.165, 1.54) is 7.05 Å². The zero-order chi connectivity index (χ0) is 27.0. The fourth-order valence-corrected chi connectivity index (χ4v) is 3.62. The van der Waals surface area contributed by atoms with Gasteiger partial charge in [0.2, 0.25) is 11.8 Å². The van der Waals surface area contributed by atoms with Gasteiger partial charge in [0.1, 0.15) is 11.5 Å². The predicted molar refractivity (Wildman–Crippen MR) is 138 cm³/mol. The van der Waals surface area contributed by atoms with E-state index in [1.54, 1.807) is 20.3 Å². The van der Waals surface area contributed by atoms with Crippen molar-refractivity contribution in [2.24, 2.45) is 11.8 Å². The highest BCUT2D eigenvalue weighted by atomic mass is 16.5. The second-order valence-electron chi connectivity index (χ2n) is 9.36. The summed E-state index contributed by atoms with van der Waals surface area (Å²) in [6, 6.07) is 6.76. The van der Waals surface area contributed by atoms with Crippen molar-refractivity contribution in [3.63, 3.8) is 0 Å². The third-order valence-corrected chi connectivity index (χ3v) is 6.25. The molecule has 1 aromatic carbocycles. The number of amides is 3. The Balaban J connectivity index is 2.40. The summed E-state index contributed by atoms with van der Waals surface area (Å²) in [4.78, 5) is 37.1. The van der Waals surface area contributed by atoms with Gasteiger partial charge in [0, 0.05) is 19.5 Å². The first-order valence-corrected chi connectivity index (χ1v) is 12.1. The largest absolute Gasteiger partial charge is 0.496 e. The van der Waals surface area contributed by atoms with Crippen LogP contribution in [0.2, 0.25) is 0 Å². The number of benzene rings is 1. The summed E-state index contributed by atoms with van der Waals surface area (Å²) < 4.78 is 13.0. The topological polar surface area (TPSA) is 124 Å². The summed E-state index contributed by atoms with van der Waals surface area (Å²) in [6.45, 7) is 9.93. The molecule has 36 heavy (non-hydrogen) atoms. The summed E-state index contributed by atoms with van der Waals surface area (Å²) in [5.41, 5.74) is 1.62. The van der Waals surface area contributed by atoms with Gasteiger partial charge in [-0.05, 0) is 37.0 Å². The Kier molecular flexibility index (Phi) is 10.3. The molecule has 3 N–H and O–H groups in total. The third kappa shape index (κ3) is 6.99. The molecule has 2 unspecified atom stereocenters. The average Bonchev–Trinajstić information content (AvgIpc) is 3.30. The SMILES string of the molecule is CNC(=O)CNC(=O)CC(NC(=O)c1cc(-c2c(OC)cccc2OC)n(C(C)C(C)C)n1)C(C)C. The van der Waals surface area contributed by atoms with Crippen molar-refractivity contribution in [3.05, 3.63) is 30.0 Å². The number of ether oxygens (including phenoxy) is 2. The molecule has 0 aliphatic rings. The van der Waals surface area contributed by atoms with Crippen LogP contribution in [0.5, 0.6) is 11.5 Å². The number of carbonyl (C=O) groups is 3. The van der Waals surface area contributed by atoms with E-state index in [0.29, 0.717) is 22.8 Å². The molecule has 2 atom stereocenters. The van der Waals surface area contributed by atoms with Gasteiger partial charge in [0.25, 0.3) is 5.91 Å². The smallest absolute Gasteiger partial charge is 0.272 e. The van der Waals surface area contributed by atoms with Crippen LogP contribution in [0.15, 0.2) is 24.3 Å². The lowest BCUT2D eigenvalue weighted by Crippen LogP contribution is -2.44. The molecule has 0 saturated heterocycles. The Labute approximate surface area is 213 Å². The Morgan fingerprint density at radius 1 is 0.972 bits per heavy atom. The highest BCUT2D eigenvalue weighted by Crippen LogP contribution is 2.40. The lowest BCUT2D eigenvalue weighted by atomic mass is 10.00. The maximum Gasteiger partial charge on any atom is 0.272 e. The highest BCUT2D eigenvalue weighted by molar-refractivity contribution is 5.94. The summed E-state index contributed by atoms with van der Waals surface area (Å²) >= 11 is 0. The molecule has 2 rings (SSSR count). The number of likely N-dealkylation sites (N-methyl/N-ethyl adjacent to an activating group) is 1. The number of aromatic nitrogens is 2. The normalized spacial score (nSPS) is 12.7. The first-order chi connectivity index (χ1) is 17.0. The second-order valence-corrected chi connectivity index (χ2v) is 9.36. The van der Waals surface area contributed by atoms with Crippen molar-refractivity contribution in [3.8, 4) is 22.8 Å². The number of carbonyl (C=O) groups excluding carboxylic acids is 3. The molecule has 3 amide bonds. The van der Waals surface area contributed by atoms with Crippen LogP contribution in [-0.2, 0) is 9.59 Å².